The molecule has 0 spiro atoms. The Labute approximate surface area is 121 Å². The van der Waals surface area contributed by atoms with Gasteiger partial charge in [0.2, 0.25) is 0 Å². The first-order chi connectivity index (χ1) is 9.85. The van der Waals surface area contributed by atoms with Gasteiger partial charge in [-0.25, -0.2) is 0 Å². The summed E-state index contributed by atoms with van der Waals surface area (Å²) in [7, 11) is 1.71. The number of likely N-dealkylation sites (tertiary alicyclic amines) is 1. The third kappa shape index (κ3) is 3.02. The molecule has 0 aromatic heterocycles. The SMILES string of the molecule is COc1ccc(CN2CC[C@@H]2Cc2ccccc2)cc1. The van der Waals surface area contributed by atoms with Crippen LogP contribution >= 0.6 is 0 Å². The van der Waals surface area contributed by atoms with E-state index in [0.717, 1.165) is 18.7 Å². The lowest BCUT2D eigenvalue weighted by Crippen LogP contribution is -2.48. The van der Waals surface area contributed by atoms with Crippen molar-refractivity contribution in [1.82, 2.24) is 4.90 Å². The number of methoxy groups -OCH3 is 1. The summed E-state index contributed by atoms with van der Waals surface area (Å²) >= 11 is 0. The Balaban J connectivity index is 1.57. The molecule has 2 aromatic carbocycles. The highest BCUT2D eigenvalue weighted by Gasteiger charge is 2.27. The Bertz CT molecular complexity index is 535. The molecule has 0 radical (unpaired) electrons. The number of rotatable bonds is 5. The maximum absolute atomic E-state index is 5.20. The normalized spacial score (nSPS) is 18.6. The number of hydrogen-bond acceptors (Lipinski definition) is 2. The van der Waals surface area contributed by atoms with E-state index in [-0.39, 0.29) is 0 Å². The van der Waals surface area contributed by atoms with Gasteiger partial charge in [-0.3, -0.25) is 4.90 Å². The Morgan fingerprint density at radius 3 is 2.35 bits per heavy atom. The number of ether oxygens (including phenoxy) is 1. The molecule has 0 N–H and O–H groups in total. The third-order valence-electron chi connectivity index (χ3n) is 4.12. The van der Waals surface area contributed by atoms with Crippen molar-refractivity contribution < 1.29 is 4.74 Å². The van der Waals surface area contributed by atoms with Crippen molar-refractivity contribution in [2.45, 2.75) is 25.4 Å². The molecule has 1 aliphatic heterocycles. The summed E-state index contributed by atoms with van der Waals surface area (Å²) in [6.07, 6.45) is 2.47. The van der Waals surface area contributed by atoms with E-state index >= 15 is 0 Å². The highest BCUT2D eigenvalue weighted by molar-refractivity contribution is 5.27. The van der Waals surface area contributed by atoms with Crippen LogP contribution in [0.5, 0.6) is 5.75 Å². The van der Waals surface area contributed by atoms with E-state index in [1.165, 1.54) is 24.1 Å². The fraction of sp³-hybridized carbons (Fsp3) is 0.333. The van der Waals surface area contributed by atoms with Crippen molar-refractivity contribution in [2.75, 3.05) is 13.7 Å². The molecule has 1 atom stereocenters. The molecule has 0 aliphatic carbocycles. The van der Waals surface area contributed by atoms with Gasteiger partial charge in [-0.05, 0) is 36.1 Å². The first-order valence-electron chi connectivity index (χ1n) is 7.26. The maximum Gasteiger partial charge on any atom is 0.118 e. The van der Waals surface area contributed by atoms with Crippen molar-refractivity contribution in [3.63, 3.8) is 0 Å². The summed E-state index contributed by atoms with van der Waals surface area (Å²) in [5.74, 6) is 0.929. The van der Waals surface area contributed by atoms with E-state index in [1.54, 1.807) is 7.11 Å². The van der Waals surface area contributed by atoms with Gasteiger partial charge in [0.05, 0.1) is 7.11 Å². The molecule has 2 nitrogen and oxygen atoms in total. The molecule has 1 aliphatic rings. The molecular formula is C18H21NO. The van der Waals surface area contributed by atoms with Crippen molar-refractivity contribution in [3.8, 4) is 5.75 Å². The molecule has 104 valence electrons. The molecule has 1 fully saturated rings. The summed E-state index contributed by atoms with van der Waals surface area (Å²) in [5, 5.41) is 0. The summed E-state index contributed by atoms with van der Waals surface area (Å²) in [5.41, 5.74) is 2.81. The highest BCUT2D eigenvalue weighted by Crippen LogP contribution is 2.24. The Morgan fingerprint density at radius 1 is 1.00 bits per heavy atom. The number of nitrogens with zero attached hydrogens (tertiary/aromatic N) is 1. The molecular weight excluding hydrogens is 246 g/mol. The van der Waals surface area contributed by atoms with Crippen LogP contribution in [0.3, 0.4) is 0 Å². The van der Waals surface area contributed by atoms with E-state index in [2.05, 4.69) is 47.4 Å². The van der Waals surface area contributed by atoms with Crippen LogP contribution in [-0.2, 0) is 13.0 Å². The summed E-state index contributed by atoms with van der Waals surface area (Å²) < 4.78 is 5.20. The lowest BCUT2D eigenvalue weighted by Gasteiger charge is -2.41. The zero-order valence-corrected chi connectivity index (χ0v) is 12.0. The van der Waals surface area contributed by atoms with Gasteiger partial charge in [0.25, 0.3) is 0 Å². The van der Waals surface area contributed by atoms with Gasteiger partial charge < -0.3 is 4.74 Å². The number of hydrogen-bond donors (Lipinski definition) is 0. The summed E-state index contributed by atoms with van der Waals surface area (Å²) in [6, 6.07) is 19.9. The van der Waals surface area contributed by atoms with E-state index in [1.807, 2.05) is 12.1 Å². The van der Waals surface area contributed by atoms with Gasteiger partial charge in [0.15, 0.2) is 0 Å². The van der Waals surface area contributed by atoms with E-state index in [9.17, 15) is 0 Å². The predicted molar refractivity (Wildman–Crippen MR) is 82.0 cm³/mol. The number of benzene rings is 2. The summed E-state index contributed by atoms with van der Waals surface area (Å²) in [4.78, 5) is 2.56. The molecule has 2 heteroatoms. The quantitative estimate of drug-likeness (QED) is 0.822. The predicted octanol–water partition coefficient (Wildman–Crippen LogP) is 3.51. The first kappa shape index (κ1) is 13.2. The van der Waals surface area contributed by atoms with E-state index in [4.69, 9.17) is 4.74 Å². The topological polar surface area (TPSA) is 12.5 Å². The highest BCUT2D eigenvalue weighted by atomic mass is 16.5. The van der Waals surface area contributed by atoms with Gasteiger partial charge in [-0.15, -0.1) is 0 Å². The van der Waals surface area contributed by atoms with Gasteiger partial charge in [0, 0.05) is 19.1 Å². The molecule has 0 unspecified atom stereocenters. The van der Waals surface area contributed by atoms with Gasteiger partial charge in [-0.1, -0.05) is 42.5 Å². The minimum Gasteiger partial charge on any atom is -0.497 e. The van der Waals surface area contributed by atoms with Crippen molar-refractivity contribution in [2.24, 2.45) is 0 Å². The first-order valence-corrected chi connectivity index (χ1v) is 7.26. The van der Waals surface area contributed by atoms with Gasteiger partial charge in [-0.2, -0.15) is 0 Å². The van der Waals surface area contributed by atoms with Crippen LogP contribution in [0.15, 0.2) is 54.6 Å². The fourth-order valence-corrected chi connectivity index (χ4v) is 2.79. The van der Waals surface area contributed by atoms with Crippen molar-refractivity contribution >= 4 is 0 Å². The molecule has 1 saturated heterocycles. The summed E-state index contributed by atoms with van der Waals surface area (Å²) in [6.45, 7) is 2.25. The second-order valence-corrected chi connectivity index (χ2v) is 5.45. The van der Waals surface area contributed by atoms with E-state index in [0.29, 0.717) is 6.04 Å². The third-order valence-corrected chi connectivity index (χ3v) is 4.12. The average molecular weight is 267 g/mol. The Morgan fingerprint density at radius 2 is 1.75 bits per heavy atom. The molecule has 20 heavy (non-hydrogen) atoms. The fourth-order valence-electron chi connectivity index (χ4n) is 2.79. The molecule has 0 saturated carbocycles. The van der Waals surface area contributed by atoms with Crippen molar-refractivity contribution in [3.05, 3.63) is 65.7 Å². The van der Waals surface area contributed by atoms with Crippen molar-refractivity contribution in [1.29, 1.82) is 0 Å². The second-order valence-electron chi connectivity index (χ2n) is 5.45. The zero-order valence-electron chi connectivity index (χ0n) is 12.0. The largest absolute Gasteiger partial charge is 0.497 e. The molecule has 3 rings (SSSR count). The van der Waals surface area contributed by atoms with Crippen LogP contribution in [0.25, 0.3) is 0 Å². The van der Waals surface area contributed by atoms with Crippen LogP contribution in [0.2, 0.25) is 0 Å². The molecule has 2 aromatic rings. The standard InChI is InChI=1S/C18H21NO/c1-20-18-9-7-16(8-10-18)14-19-12-11-17(19)13-15-5-3-2-4-6-15/h2-10,17H,11-14H2,1H3/t17-/m1/s1. The van der Waals surface area contributed by atoms with Gasteiger partial charge in [0.1, 0.15) is 5.75 Å². The lowest BCUT2D eigenvalue weighted by atomic mass is 9.94. The van der Waals surface area contributed by atoms with E-state index < -0.39 is 0 Å². The minimum atomic E-state index is 0.694. The Kier molecular flexibility index (Phi) is 4.03. The van der Waals surface area contributed by atoms with Crippen LogP contribution < -0.4 is 4.74 Å². The maximum atomic E-state index is 5.20. The smallest absolute Gasteiger partial charge is 0.118 e. The zero-order chi connectivity index (χ0) is 13.8. The lowest BCUT2D eigenvalue weighted by molar-refractivity contribution is 0.0821. The van der Waals surface area contributed by atoms with Crippen LogP contribution in [0, 0.1) is 0 Å². The average Bonchev–Trinajstić information content (AvgIpc) is 2.51. The molecule has 1 heterocycles. The second kappa shape index (κ2) is 6.10. The van der Waals surface area contributed by atoms with Crippen LogP contribution in [0.1, 0.15) is 17.5 Å². The van der Waals surface area contributed by atoms with Gasteiger partial charge >= 0.3 is 0 Å². The Hall–Kier alpha value is -1.80. The molecule has 0 bridgehead atoms. The van der Waals surface area contributed by atoms with Crippen LogP contribution in [-0.4, -0.2) is 24.6 Å². The minimum absolute atomic E-state index is 0.694. The monoisotopic (exact) mass is 267 g/mol. The van der Waals surface area contributed by atoms with Crippen LogP contribution in [0.4, 0.5) is 0 Å². The molecule has 0 amide bonds.